The standard InChI is InChI=1S/C20H20N2O3S.ClH/c1-3-25-17-12-18(13-7-5-4-6-8-13)26-19(17)20(23)22-14-9-10-15(21)16(11-14)24-2;/h4-12H,3,21H2,1-2H3,(H,22,23);1H. The molecule has 0 aliphatic carbocycles. The van der Waals surface area contributed by atoms with E-state index in [1.807, 2.05) is 43.3 Å². The van der Waals surface area contributed by atoms with Gasteiger partial charge in [0, 0.05) is 16.6 Å². The molecule has 1 aromatic heterocycles. The molecule has 3 aromatic rings. The fraction of sp³-hybridized carbons (Fsp3) is 0.150. The molecule has 0 atom stereocenters. The average Bonchev–Trinajstić information content (AvgIpc) is 3.08. The van der Waals surface area contributed by atoms with Crippen molar-refractivity contribution in [3.8, 4) is 21.9 Å². The number of rotatable bonds is 6. The molecule has 142 valence electrons. The number of nitrogen functional groups attached to an aromatic ring is 1. The van der Waals surface area contributed by atoms with E-state index in [0.717, 1.165) is 10.4 Å². The second kappa shape index (κ2) is 9.30. The third-order valence-corrected chi connectivity index (χ3v) is 4.92. The van der Waals surface area contributed by atoms with E-state index in [1.54, 1.807) is 18.2 Å². The van der Waals surface area contributed by atoms with Gasteiger partial charge < -0.3 is 20.5 Å². The molecule has 0 bridgehead atoms. The summed E-state index contributed by atoms with van der Waals surface area (Å²) in [4.78, 5) is 14.3. The Hall–Kier alpha value is -2.70. The van der Waals surface area contributed by atoms with Crippen molar-refractivity contribution in [3.63, 3.8) is 0 Å². The van der Waals surface area contributed by atoms with Crippen molar-refractivity contribution in [2.24, 2.45) is 0 Å². The number of nitrogens with one attached hydrogen (secondary N) is 1. The van der Waals surface area contributed by atoms with Crippen molar-refractivity contribution in [1.29, 1.82) is 0 Å². The van der Waals surface area contributed by atoms with Gasteiger partial charge in [-0.1, -0.05) is 30.3 Å². The number of methoxy groups -OCH3 is 1. The van der Waals surface area contributed by atoms with Gasteiger partial charge in [-0.15, -0.1) is 23.7 Å². The van der Waals surface area contributed by atoms with Crippen LogP contribution in [0.5, 0.6) is 11.5 Å². The summed E-state index contributed by atoms with van der Waals surface area (Å²) in [5.74, 6) is 0.868. The highest BCUT2D eigenvalue weighted by Crippen LogP contribution is 2.37. The highest BCUT2D eigenvalue weighted by Gasteiger charge is 2.19. The number of hydrogen-bond donors (Lipinski definition) is 2. The van der Waals surface area contributed by atoms with Crippen molar-refractivity contribution in [1.82, 2.24) is 0 Å². The van der Waals surface area contributed by atoms with Crippen LogP contribution >= 0.6 is 23.7 Å². The zero-order valence-electron chi connectivity index (χ0n) is 15.0. The van der Waals surface area contributed by atoms with Crippen LogP contribution in [-0.2, 0) is 0 Å². The Kier molecular flexibility index (Phi) is 7.10. The van der Waals surface area contributed by atoms with E-state index < -0.39 is 0 Å². The lowest BCUT2D eigenvalue weighted by atomic mass is 10.2. The van der Waals surface area contributed by atoms with Gasteiger partial charge in [0.1, 0.15) is 16.4 Å². The number of carbonyl (C=O) groups is 1. The van der Waals surface area contributed by atoms with Gasteiger partial charge >= 0.3 is 0 Å². The molecule has 27 heavy (non-hydrogen) atoms. The molecular formula is C20H21ClN2O3S. The minimum atomic E-state index is -0.229. The molecule has 0 unspecified atom stereocenters. The number of amides is 1. The van der Waals surface area contributed by atoms with Gasteiger partial charge in [0.05, 0.1) is 19.4 Å². The molecule has 1 amide bonds. The number of nitrogens with two attached hydrogens (primary N) is 1. The van der Waals surface area contributed by atoms with E-state index in [-0.39, 0.29) is 18.3 Å². The molecule has 0 radical (unpaired) electrons. The molecule has 0 aliphatic rings. The summed E-state index contributed by atoms with van der Waals surface area (Å²) in [5, 5.41) is 2.88. The van der Waals surface area contributed by atoms with Gasteiger partial charge in [0.15, 0.2) is 0 Å². The lowest BCUT2D eigenvalue weighted by Gasteiger charge is -2.09. The highest BCUT2D eigenvalue weighted by atomic mass is 35.5. The first-order chi connectivity index (χ1) is 12.6. The number of carbonyl (C=O) groups excluding carboxylic acids is 1. The van der Waals surface area contributed by atoms with Crippen LogP contribution in [0.25, 0.3) is 10.4 Å². The molecule has 5 nitrogen and oxygen atoms in total. The summed E-state index contributed by atoms with van der Waals surface area (Å²) in [6, 6.07) is 16.9. The van der Waals surface area contributed by atoms with Crippen LogP contribution in [0.2, 0.25) is 0 Å². The van der Waals surface area contributed by atoms with Crippen LogP contribution in [0.4, 0.5) is 11.4 Å². The Bertz CT molecular complexity index is 913. The topological polar surface area (TPSA) is 73.6 Å². The number of halogens is 1. The molecule has 0 fully saturated rings. The fourth-order valence-corrected chi connectivity index (χ4v) is 3.52. The third-order valence-electron chi connectivity index (χ3n) is 3.75. The number of hydrogen-bond acceptors (Lipinski definition) is 5. The third kappa shape index (κ3) is 4.72. The summed E-state index contributed by atoms with van der Waals surface area (Å²) in [6.07, 6.45) is 0. The first-order valence-electron chi connectivity index (χ1n) is 8.19. The number of anilines is 2. The second-order valence-corrected chi connectivity index (χ2v) is 6.57. The van der Waals surface area contributed by atoms with Crippen LogP contribution in [0.1, 0.15) is 16.6 Å². The smallest absolute Gasteiger partial charge is 0.269 e. The second-order valence-electron chi connectivity index (χ2n) is 5.51. The summed E-state index contributed by atoms with van der Waals surface area (Å²) >= 11 is 1.40. The zero-order valence-corrected chi connectivity index (χ0v) is 16.7. The van der Waals surface area contributed by atoms with Gasteiger partial charge in [0.2, 0.25) is 0 Å². The van der Waals surface area contributed by atoms with E-state index in [1.165, 1.54) is 18.4 Å². The first kappa shape index (κ1) is 20.6. The van der Waals surface area contributed by atoms with Crippen molar-refractivity contribution < 1.29 is 14.3 Å². The van der Waals surface area contributed by atoms with Gasteiger partial charge in [-0.25, -0.2) is 0 Å². The SMILES string of the molecule is CCOc1cc(-c2ccccc2)sc1C(=O)Nc1ccc(N)c(OC)c1.Cl. The van der Waals surface area contributed by atoms with Gasteiger partial charge in [-0.2, -0.15) is 0 Å². The molecular weight excluding hydrogens is 384 g/mol. The van der Waals surface area contributed by atoms with Crippen LogP contribution in [0.15, 0.2) is 54.6 Å². The maximum atomic E-state index is 12.8. The largest absolute Gasteiger partial charge is 0.495 e. The van der Waals surface area contributed by atoms with E-state index in [2.05, 4.69) is 5.32 Å². The van der Waals surface area contributed by atoms with Crippen LogP contribution < -0.4 is 20.5 Å². The molecule has 3 N–H and O–H groups in total. The maximum absolute atomic E-state index is 12.8. The van der Waals surface area contributed by atoms with E-state index >= 15 is 0 Å². The van der Waals surface area contributed by atoms with Crippen molar-refractivity contribution in [2.75, 3.05) is 24.8 Å². The van der Waals surface area contributed by atoms with Gasteiger partial charge in [-0.3, -0.25) is 4.79 Å². The molecule has 3 rings (SSSR count). The monoisotopic (exact) mass is 404 g/mol. The lowest BCUT2D eigenvalue weighted by molar-refractivity contribution is 0.102. The predicted octanol–water partition coefficient (Wildman–Crippen LogP) is 5.08. The number of benzene rings is 2. The molecule has 0 aliphatic heterocycles. The summed E-state index contributed by atoms with van der Waals surface area (Å²) in [5.41, 5.74) is 7.99. The fourth-order valence-electron chi connectivity index (χ4n) is 2.52. The quantitative estimate of drug-likeness (QED) is 0.562. The van der Waals surface area contributed by atoms with E-state index in [4.69, 9.17) is 15.2 Å². The Balaban J connectivity index is 0.00000261. The van der Waals surface area contributed by atoms with Gasteiger partial charge in [-0.05, 0) is 30.7 Å². The number of ether oxygens (including phenoxy) is 2. The van der Waals surface area contributed by atoms with Crippen molar-refractivity contribution >= 4 is 41.0 Å². The van der Waals surface area contributed by atoms with E-state index in [9.17, 15) is 4.79 Å². The Morgan fingerprint density at radius 2 is 1.85 bits per heavy atom. The summed E-state index contributed by atoms with van der Waals surface area (Å²) in [7, 11) is 1.54. The summed E-state index contributed by atoms with van der Waals surface area (Å²) in [6.45, 7) is 2.38. The van der Waals surface area contributed by atoms with Crippen LogP contribution in [0.3, 0.4) is 0 Å². The predicted molar refractivity (Wildman–Crippen MR) is 114 cm³/mol. The molecule has 2 aromatic carbocycles. The van der Waals surface area contributed by atoms with Crippen LogP contribution in [0, 0.1) is 0 Å². The molecule has 0 spiro atoms. The molecule has 7 heteroatoms. The summed E-state index contributed by atoms with van der Waals surface area (Å²) < 4.78 is 10.9. The van der Waals surface area contributed by atoms with Crippen molar-refractivity contribution in [2.45, 2.75) is 6.92 Å². The normalized spacial score (nSPS) is 10.0. The Morgan fingerprint density at radius 3 is 2.52 bits per heavy atom. The minimum absolute atomic E-state index is 0. The van der Waals surface area contributed by atoms with E-state index in [0.29, 0.717) is 34.4 Å². The highest BCUT2D eigenvalue weighted by molar-refractivity contribution is 7.17. The molecule has 0 saturated carbocycles. The maximum Gasteiger partial charge on any atom is 0.269 e. The van der Waals surface area contributed by atoms with Crippen LogP contribution in [-0.4, -0.2) is 19.6 Å². The Morgan fingerprint density at radius 1 is 1.11 bits per heavy atom. The first-order valence-corrected chi connectivity index (χ1v) is 9.01. The number of thiophene rings is 1. The van der Waals surface area contributed by atoms with Gasteiger partial charge in [0.25, 0.3) is 5.91 Å². The molecule has 1 heterocycles. The minimum Gasteiger partial charge on any atom is -0.495 e. The zero-order chi connectivity index (χ0) is 18.5. The lowest BCUT2D eigenvalue weighted by Crippen LogP contribution is -2.12. The molecule has 0 saturated heterocycles. The van der Waals surface area contributed by atoms with Crippen molar-refractivity contribution in [3.05, 3.63) is 59.5 Å². The Labute approximate surface area is 168 Å². The average molecular weight is 405 g/mol.